The van der Waals surface area contributed by atoms with Crippen LogP contribution < -0.4 is 5.73 Å². The lowest BCUT2D eigenvalue weighted by atomic mass is 9.97. The van der Waals surface area contributed by atoms with Gasteiger partial charge in [0.2, 0.25) is 0 Å². The van der Waals surface area contributed by atoms with Gasteiger partial charge < -0.3 is 15.4 Å². The second-order valence-corrected chi connectivity index (χ2v) is 6.12. The van der Waals surface area contributed by atoms with E-state index in [-0.39, 0.29) is 23.2 Å². The molecule has 0 spiro atoms. The normalized spacial score (nSPS) is 17.0. The fraction of sp³-hybridized carbons (Fsp3) is 0.333. The summed E-state index contributed by atoms with van der Waals surface area (Å²) in [6.07, 6.45) is 2.53. The van der Waals surface area contributed by atoms with E-state index in [1.165, 1.54) is 7.11 Å². The Kier molecular flexibility index (Phi) is 5.01. The fourth-order valence-corrected chi connectivity index (χ4v) is 3.24. The number of piperidine rings is 1. The van der Waals surface area contributed by atoms with Crippen LogP contribution in [0.5, 0.6) is 0 Å². The number of carbonyl (C=O) groups is 3. The van der Waals surface area contributed by atoms with E-state index < -0.39 is 11.9 Å². The van der Waals surface area contributed by atoms with Crippen molar-refractivity contribution >= 4 is 17.8 Å². The summed E-state index contributed by atoms with van der Waals surface area (Å²) >= 11 is 0. The van der Waals surface area contributed by atoms with Crippen LogP contribution in [-0.4, -0.2) is 46.5 Å². The van der Waals surface area contributed by atoms with E-state index in [0.29, 0.717) is 17.8 Å². The Balaban J connectivity index is 1.94. The van der Waals surface area contributed by atoms with Gasteiger partial charge in [0.05, 0.1) is 30.0 Å². The number of hydrogen-bond donors (Lipinski definition) is 2. The van der Waals surface area contributed by atoms with Gasteiger partial charge in [-0.25, -0.2) is 4.79 Å². The Morgan fingerprint density at radius 1 is 1.23 bits per heavy atom. The monoisotopic (exact) mass is 356 g/mol. The summed E-state index contributed by atoms with van der Waals surface area (Å²) in [4.78, 5) is 38.1. The predicted molar refractivity (Wildman–Crippen MR) is 92.5 cm³/mol. The Bertz CT molecular complexity index is 845. The number of nitrogens with two attached hydrogens (primary N) is 1. The number of methoxy groups -OCH3 is 1. The number of ether oxygens (including phenoxy) is 1. The first-order valence-electron chi connectivity index (χ1n) is 8.36. The molecule has 26 heavy (non-hydrogen) atoms. The molecule has 0 saturated carbocycles. The van der Waals surface area contributed by atoms with Gasteiger partial charge in [0, 0.05) is 6.54 Å². The molecule has 3 rings (SSSR count). The van der Waals surface area contributed by atoms with Crippen LogP contribution in [0.1, 0.15) is 62.2 Å². The van der Waals surface area contributed by atoms with E-state index >= 15 is 0 Å². The number of H-pyrrole nitrogens is 1. The second kappa shape index (κ2) is 7.38. The third-order valence-electron chi connectivity index (χ3n) is 4.54. The number of benzene rings is 1. The average Bonchev–Trinajstić information content (AvgIpc) is 3.17. The third-order valence-corrected chi connectivity index (χ3v) is 4.54. The summed E-state index contributed by atoms with van der Waals surface area (Å²) in [6.45, 7) is 0.546. The highest BCUT2D eigenvalue weighted by atomic mass is 16.5. The fourth-order valence-electron chi connectivity index (χ4n) is 3.24. The number of aromatic amines is 1. The predicted octanol–water partition coefficient (Wildman–Crippen LogP) is 1.66. The molecule has 8 heteroatoms. The summed E-state index contributed by atoms with van der Waals surface area (Å²) < 4.78 is 4.78. The van der Waals surface area contributed by atoms with Crippen LogP contribution in [0, 0.1) is 0 Å². The molecule has 0 radical (unpaired) electrons. The molecule has 1 aliphatic heterocycles. The molecule has 0 aliphatic carbocycles. The van der Waals surface area contributed by atoms with Crippen LogP contribution in [0.4, 0.5) is 0 Å². The molecule has 2 amide bonds. The summed E-state index contributed by atoms with van der Waals surface area (Å²) in [5.74, 6) is -1.44. The summed E-state index contributed by atoms with van der Waals surface area (Å²) in [6, 6.07) is 7.89. The largest absolute Gasteiger partial charge is 0.465 e. The molecule has 1 aromatic carbocycles. The smallest absolute Gasteiger partial charge is 0.338 e. The maximum Gasteiger partial charge on any atom is 0.338 e. The van der Waals surface area contributed by atoms with Crippen molar-refractivity contribution in [3.8, 4) is 0 Å². The van der Waals surface area contributed by atoms with Gasteiger partial charge in [-0.2, -0.15) is 5.10 Å². The number of primary amides is 1. The number of aromatic nitrogens is 2. The molecule has 1 atom stereocenters. The van der Waals surface area contributed by atoms with Gasteiger partial charge in [0.15, 0.2) is 0 Å². The molecule has 0 unspecified atom stereocenters. The lowest BCUT2D eigenvalue weighted by molar-refractivity contribution is 0.0560. The molecule has 8 nitrogen and oxygen atoms in total. The minimum atomic E-state index is -0.628. The van der Waals surface area contributed by atoms with E-state index in [0.717, 1.165) is 19.3 Å². The van der Waals surface area contributed by atoms with Crippen molar-refractivity contribution in [3.63, 3.8) is 0 Å². The molecule has 1 aliphatic rings. The maximum atomic E-state index is 13.2. The number of esters is 1. The summed E-state index contributed by atoms with van der Waals surface area (Å²) in [7, 11) is 1.28. The van der Waals surface area contributed by atoms with Crippen LogP contribution in [0.15, 0.2) is 30.3 Å². The van der Waals surface area contributed by atoms with Gasteiger partial charge in [0.1, 0.15) is 5.69 Å². The SMILES string of the molecule is COC(=O)c1ccccc1C(=O)N1CCCC[C@H]1c1cc(C(N)=O)n[nH]1. The van der Waals surface area contributed by atoms with E-state index in [1.54, 1.807) is 35.2 Å². The lowest BCUT2D eigenvalue weighted by Crippen LogP contribution is -2.39. The zero-order chi connectivity index (χ0) is 18.7. The van der Waals surface area contributed by atoms with Crippen LogP contribution >= 0.6 is 0 Å². The zero-order valence-corrected chi connectivity index (χ0v) is 14.4. The van der Waals surface area contributed by atoms with Crippen molar-refractivity contribution in [2.45, 2.75) is 25.3 Å². The number of nitrogens with one attached hydrogen (secondary N) is 1. The van der Waals surface area contributed by atoms with Gasteiger partial charge in [-0.3, -0.25) is 14.7 Å². The number of nitrogens with zero attached hydrogens (tertiary/aromatic N) is 2. The van der Waals surface area contributed by atoms with Crippen molar-refractivity contribution in [2.75, 3.05) is 13.7 Å². The molecule has 1 fully saturated rings. The van der Waals surface area contributed by atoms with Crippen LogP contribution in [0.2, 0.25) is 0 Å². The minimum Gasteiger partial charge on any atom is -0.465 e. The Morgan fingerprint density at radius 2 is 1.96 bits per heavy atom. The maximum absolute atomic E-state index is 13.2. The second-order valence-electron chi connectivity index (χ2n) is 6.12. The summed E-state index contributed by atoms with van der Waals surface area (Å²) in [5, 5.41) is 6.71. The van der Waals surface area contributed by atoms with Gasteiger partial charge >= 0.3 is 5.97 Å². The molecule has 2 aromatic rings. The van der Waals surface area contributed by atoms with E-state index in [2.05, 4.69) is 10.2 Å². The molecular weight excluding hydrogens is 336 g/mol. The Labute approximate surface area is 150 Å². The minimum absolute atomic E-state index is 0.132. The van der Waals surface area contributed by atoms with Crippen molar-refractivity contribution in [3.05, 3.63) is 52.8 Å². The van der Waals surface area contributed by atoms with E-state index in [4.69, 9.17) is 10.5 Å². The van der Waals surface area contributed by atoms with Crippen molar-refractivity contribution < 1.29 is 19.1 Å². The van der Waals surface area contributed by atoms with Crippen molar-refractivity contribution in [2.24, 2.45) is 5.73 Å². The Morgan fingerprint density at radius 3 is 2.62 bits per heavy atom. The molecule has 1 saturated heterocycles. The Hall–Kier alpha value is -3.16. The van der Waals surface area contributed by atoms with Gasteiger partial charge in [-0.15, -0.1) is 0 Å². The molecule has 0 bridgehead atoms. The molecular formula is C18H20N4O4. The van der Waals surface area contributed by atoms with Crippen LogP contribution in [-0.2, 0) is 4.74 Å². The van der Waals surface area contributed by atoms with Crippen molar-refractivity contribution in [1.29, 1.82) is 0 Å². The zero-order valence-electron chi connectivity index (χ0n) is 14.4. The van der Waals surface area contributed by atoms with Crippen molar-refractivity contribution in [1.82, 2.24) is 15.1 Å². The van der Waals surface area contributed by atoms with Crippen LogP contribution in [0.3, 0.4) is 0 Å². The molecule has 136 valence electrons. The number of carbonyl (C=O) groups excluding carboxylic acids is 3. The van der Waals surface area contributed by atoms with E-state index in [1.807, 2.05) is 0 Å². The third kappa shape index (κ3) is 3.30. The molecule has 1 aromatic heterocycles. The first-order chi connectivity index (χ1) is 12.5. The highest BCUT2D eigenvalue weighted by Crippen LogP contribution is 2.32. The number of likely N-dealkylation sites (tertiary alicyclic amines) is 1. The van der Waals surface area contributed by atoms with E-state index in [9.17, 15) is 14.4 Å². The quantitative estimate of drug-likeness (QED) is 0.808. The first kappa shape index (κ1) is 17.7. The number of rotatable bonds is 4. The van der Waals surface area contributed by atoms with Crippen LogP contribution in [0.25, 0.3) is 0 Å². The summed E-state index contributed by atoms with van der Waals surface area (Å²) in [5.41, 5.74) is 6.57. The average molecular weight is 356 g/mol. The highest BCUT2D eigenvalue weighted by Gasteiger charge is 2.32. The lowest BCUT2D eigenvalue weighted by Gasteiger charge is -2.35. The molecule has 3 N–H and O–H groups in total. The standard InChI is InChI=1S/C18H20N4O4/c1-26-18(25)12-7-3-2-6-11(12)17(24)22-9-5-4-8-15(22)13-10-14(16(19)23)21-20-13/h2-3,6-7,10,15H,4-5,8-9H2,1H3,(H2,19,23)(H,20,21)/t15-/m0/s1. The van der Waals surface area contributed by atoms with Gasteiger partial charge in [-0.1, -0.05) is 12.1 Å². The first-order valence-corrected chi connectivity index (χ1v) is 8.36. The topological polar surface area (TPSA) is 118 Å². The van der Waals surface area contributed by atoms with Gasteiger partial charge in [0.25, 0.3) is 11.8 Å². The molecule has 2 heterocycles. The number of hydrogen-bond acceptors (Lipinski definition) is 5. The highest BCUT2D eigenvalue weighted by molar-refractivity contribution is 6.05. The van der Waals surface area contributed by atoms with Gasteiger partial charge in [-0.05, 0) is 37.5 Å². The number of amides is 2.